The third-order valence-corrected chi connectivity index (χ3v) is 3.45. The standard InChI is InChI=1S/C12H15ClN2O2/c1-12(4-3-5-14-11(12)16)8-6-9(13)15-10(7-8)17-2/h6-7H,3-5H2,1-2H3,(H,14,16). The first-order valence-corrected chi connectivity index (χ1v) is 5.94. The summed E-state index contributed by atoms with van der Waals surface area (Å²) in [4.78, 5) is 16.0. The number of rotatable bonds is 2. The zero-order chi connectivity index (χ0) is 12.5. The predicted molar refractivity (Wildman–Crippen MR) is 65.4 cm³/mol. The fourth-order valence-electron chi connectivity index (χ4n) is 2.12. The molecule has 4 nitrogen and oxygen atoms in total. The lowest BCUT2D eigenvalue weighted by atomic mass is 9.76. The molecule has 1 amide bonds. The van der Waals surface area contributed by atoms with Crippen LogP contribution >= 0.6 is 11.6 Å². The molecule has 1 atom stereocenters. The number of hydrogen-bond donors (Lipinski definition) is 1. The van der Waals surface area contributed by atoms with Gasteiger partial charge in [0.2, 0.25) is 11.8 Å². The van der Waals surface area contributed by atoms with Crippen molar-refractivity contribution in [1.29, 1.82) is 0 Å². The molecule has 1 fully saturated rings. The van der Waals surface area contributed by atoms with Crippen molar-refractivity contribution in [3.05, 3.63) is 22.8 Å². The van der Waals surface area contributed by atoms with Gasteiger partial charge in [0.15, 0.2) is 0 Å². The highest BCUT2D eigenvalue weighted by molar-refractivity contribution is 6.29. The zero-order valence-corrected chi connectivity index (χ0v) is 10.7. The summed E-state index contributed by atoms with van der Waals surface area (Å²) in [5.74, 6) is 0.472. The lowest BCUT2D eigenvalue weighted by Crippen LogP contribution is -2.47. The van der Waals surface area contributed by atoms with Crippen LogP contribution in [0.15, 0.2) is 12.1 Å². The quantitative estimate of drug-likeness (QED) is 0.821. The van der Waals surface area contributed by atoms with Crippen molar-refractivity contribution in [1.82, 2.24) is 10.3 Å². The number of piperidine rings is 1. The average molecular weight is 255 g/mol. The van der Waals surface area contributed by atoms with Gasteiger partial charge in [0, 0.05) is 12.6 Å². The molecule has 0 saturated carbocycles. The Balaban J connectivity index is 2.44. The van der Waals surface area contributed by atoms with E-state index in [0.717, 1.165) is 24.9 Å². The van der Waals surface area contributed by atoms with E-state index in [1.54, 1.807) is 12.1 Å². The minimum absolute atomic E-state index is 0.0352. The van der Waals surface area contributed by atoms with Crippen LogP contribution in [0.25, 0.3) is 0 Å². The molecule has 0 aromatic carbocycles. The summed E-state index contributed by atoms with van der Waals surface area (Å²) in [7, 11) is 1.53. The maximum absolute atomic E-state index is 12.0. The van der Waals surface area contributed by atoms with E-state index in [2.05, 4.69) is 10.3 Å². The maximum atomic E-state index is 12.0. The highest BCUT2D eigenvalue weighted by atomic mass is 35.5. The molecule has 1 unspecified atom stereocenters. The molecule has 0 aliphatic carbocycles. The van der Waals surface area contributed by atoms with Crippen molar-refractivity contribution in [3.8, 4) is 5.88 Å². The molecule has 1 N–H and O–H groups in total. The summed E-state index contributed by atoms with van der Waals surface area (Å²) in [5.41, 5.74) is 0.310. The predicted octanol–water partition coefficient (Wildman–Crippen LogP) is 1.91. The molecule has 1 aliphatic heterocycles. The number of pyridine rings is 1. The van der Waals surface area contributed by atoms with Gasteiger partial charge < -0.3 is 10.1 Å². The van der Waals surface area contributed by atoms with Gasteiger partial charge in [-0.05, 0) is 31.4 Å². The zero-order valence-electron chi connectivity index (χ0n) is 9.92. The summed E-state index contributed by atoms with van der Waals surface area (Å²) >= 11 is 5.93. The lowest BCUT2D eigenvalue weighted by molar-refractivity contribution is -0.128. The Kier molecular flexibility index (Phi) is 3.24. The molecule has 2 rings (SSSR count). The van der Waals surface area contributed by atoms with Crippen molar-refractivity contribution >= 4 is 17.5 Å². The van der Waals surface area contributed by atoms with Crippen LogP contribution in [0.1, 0.15) is 25.3 Å². The van der Waals surface area contributed by atoms with Crippen LogP contribution in [0.2, 0.25) is 5.15 Å². The Bertz CT molecular complexity index is 450. The van der Waals surface area contributed by atoms with Gasteiger partial charge >= 0.3 is 0 Å². The molecule has 92 valence electrons. The Labute approximate surface area is 105 Å². The monoisotopic (exact) mass is 254 g/mol. The number of aromatic nitrogens is 1. The Hall–Kier alpha value is -1.29. The first-order valence-electron chi connectivity index (χ1n) is 5.56. The third kappa shape index (κ3) is 2.22. The highest BCUT2D eigenvalue weighted by Gasteiger charge is 2.37. The molecular weight excluding hydrogens is 240 g/mol. The summed E-state index contributed by atoms with van der Waals surface area (Å²) < 4.78 is 5.08. The van der Waals surface area contributed by atoms with Crippen LogP contribution in [0.4, 0.5) is 0 Å². The smallest absolute Gasteiger partial charge is 0.230 e. The second-order valence-electron chi connectivity index (χ2n) is 4.41. The van der Waals surface area contributed by atoms with E-state index in [1.165, 1.54) is 7.11 Å². The van der Waals surface area contributed by atoms with Crippen LogP contribution in [-0.2, 0) is 10.2 Å². The molecule has 0 spiro atoms. The largest absolute Gasteiger partial charge is 0.481 e. The van der Waals surface area contributed by atoms with E-state index >= 15 is 0 Å². The number of hydrogen-bond acceptors (Lipinski definition) is 3. The first-order chi connectivity index (χ1) is 8.06. The minimum Gasteiger partial charge on any atom is -0.481 e. The second-order valence-corrected chi connectivity index (χ2v) is 4.80. The van der Waals surface area contributed by atoms with Crippen LogP contribution in [0.3, 0.4) is 0 Å². The number of amides is 1. The second kappa shape index (κ2) is 4.53. The summed E-state index contributed by atoms with van der Waals surface area (Å²) in [5, 5.41) is 3.23. The normalized spacial score (nSPS) is 24.3. The van der Waals surface area contributed by atoms with Gasteiger partial charge in [0.05, 0.1) is 12.5 Å². The van der Waals surface area contributed by atoms with Crippen molar-refractivity contribution < 1.29 is 9.53 Å². The third-order valence-electron chi connectivity index (χ3n) is 3.26. The maximum Gasteiger partial charge on any atom is 0.230 e. The van der Waals surface area contributed by atoms with Gasteiger partial charge in [0.25, 0.3) is 0 Å². The molecule has 2 heterocycles. The van der Waals surface area contributed by atoms with Gasteiger partial charge in [-0.3, -0.25) is 4.79 Å². The van der Waals surface area contributed by atoms with Crippen LogP contribution in [0, 0.1) is 0 Å². The van der Waals surface area contributed by atoms with Crippen molar-refractivity contribution in [2.75, 3.05) is 13.7 Å². The Morgan fingerprint density at radius 3 is 2.94 bits per heavy atom. The number of nitrogens with zero attached hydrogens (tertiary/aromatic N) is 1. The van der Waals surface area contributed by atoms with Crippen LogP contribution in [-0.4, -0.2) is 24.5 Å². The van der Waals surface area contributed by atoms with E-state index < -0.39 is 5.41 Å². The summed E-state index contributed by atoms with van der Waals surface area (Å²) in [6.45, 7) is 2.66. The molecular formula is C12H15ClN2O2. The number of ether oxygens (including phenoxy) is 1. The number of halogens is 1. The fraction of sp³-hybridized carbons (Fsp3) is 0.500. The number of carbonyl (C=O) groups excluding carboxylic acids is 1. The van der Waals surface area contributed by atoms with Gasteiger partial charge in [-0.15, -0.1) is 0 Å². The number of carbonyl (C=O) groups is 1. The molecule has 1 aliphatic rings. The Morgan fingerprint density at radius 2 is 2.29 bits per heavy atom. The van der Waals surface area contributed by atoms with Gasteiger partial charge in [-0.25, -0.2) is 4.98 Å². The van der Waals surface area contributed by atoms with E-state index in [9.17, 15) is 4.79 Å². The lowest BCUT2D eigenvalue weighted by Gasteiger charge is -2.33. The van der Waals surface area contributed by atoms with Crippen molar-refractivity contribution in [2.45, 2.75) is 25.2 Å². The van der Waals surface area contributed by atoms with Crippen LogP contribution < -0.4 is 10.1 Å². The van der Waals surface area contributed by atoms with E-state index in [0.29, 0.717) is 11.0 Å². The summed E-state index contributed by atoms with van der Waals surface area (Å²) in [6, 6.07) is 3.51. The SMILES string of the molecule is COc1cc(C2(C)CCCNC2=O)cc(Cl)n1. The molecule has 0 radical (unpaired) electrons. The Morgan fingerprint density at radius 1 is 1.53 bits per heavy atom. The molecule has 17 heavy (non-hydrogen) atoms. The van der Waals surface area contributed by atoms with Gasteiger partial charge in [-0.2, -0.15) is 0 Å². The van der Waals surface area contributed by atoms with Crippen LogP contribution in [0.5, 0.6) is 5.88 Å². The topological polar surface area (TPSA) is 51.2 Å². The molecule has 0 bridgehead atoms. The average Bonchev–Trinajstić information content (AvgIpc) is 2.32. The fourth-order valence-corrected chi connectivity index (χ4v) is 2.32. The molecule has 5 heteroatoms. The van der Waals surface area contributed by atoms with E-state index in [4.69, 9.17) is 16.3 Å². The molecule has 1 aromatic rings. The summed E-state index contributed by atoms with van der Waals surface area (Å²) in [6.07, 6.45) is 1.77. The number of nitrogens with one attached hydrogen (secondary N) is 1. The molecule has 1 aromatic heterocycles. The van der Waals surface area contributed by atoms with Gasteiger partial charge in [-0.1, -0.05) is 11.6 Å². The number of methoxy groups -OCH3 is 1. The van der Waals surface area contributed by atoms with Crippen molar-refractivity contribution in [2.24, 2.45) is 0 Å². The first kappa shape index (κ1) is 12.2. The highest BCUT2D eigenvalue weighted by Crippen LogP contribution is 2.34. The molecule has 1 saturated heterocycles. The minimum atomic E-state index is -0.544. The van der Waals surface area contributed by atoms with Gasteiger partial charge in [0.1, 0.15) is 5.15 Å². The van der Waals surface area contributed by atoms with Crippen molar-refractivity contribution in [3.63, 3.8) is 0 Å². The van der Waals surface area contributed by atoms with E-state index in [-0.39, 0.29) is 5.91 Å². The van der Waals surface area contributed by atoms with E-state index in [1.807, 2.05) is 6.92 Å².